The summed E-state index contributed by atoms with van der Waals surface area (Å²) in [6.45, 7) is 22.7. The van der Waals surface area contributed by atoms with E-state index in [1.165, 1.54) is 6.08 Å². The van der Waals surface area contributed by atoms with Crippen LogP contribution in [0, 0.1) is 17.8 Å². The van der Waals surface area contributed by atoms with Crippen LogP contribution in [-0.4, -0.2) is 11.1 Å². The first-order chi connectivity index (χ1) is 13.5. The first-order valence-electron chi connectivity index (χ1n) is 10.7. The standard InChI is InChI=1S/C27H38O3/c1-11-22(28)30-24-19(15-27(9,10)16-21(24)26(6,7)8)14-18-12-17(2)13-20(23(18)29)25(3,4)5/h11-13,15,29H,1,14,16H2,2-10H3. The molecule has 30 heavy (non-hydrogen) atoms. The molecule has 0 unspecified atom stereocenters. The molecule has 0 saturated heterocycles. The molecule has 0 saturated carbocycles. The second kappa shape index (κ2) is 8.09. The second-order valence-corrected chi connectivity index (χ2v) is 11.3. The minimum Gasteiger partial charge on any atom is -0.507 e. The molecule has 3 heteroatoms. The van der Waals surface area contributed by atoms with Crippen molar-refractivity contribution < 1.29 is 14.6 Å². The lowest BCUT2D eigenvalue weighted by molar-refractivity contribution is -0.133. The first kappa shape index (κ1) is 24.0. The summed E-state index contributed by atoms with van der Waals surface area (Å²) < 4.78 is 5.80. The normalized spacial score (nSPS) is 16.9. The summed E-state index contributed by atoms with van der Waals surface area (Å²) >= 11 is 0. The van der Waals surface area contributed by atoms with E-state index >= 15 is 0 Å². The van der Waals surface area contributed by atoms with Gasteiger partial charge in [-0.15, -0.1) is 0 Å². The van der Waals surface area contributed by atoms with Crippen LogP contribution in [-0.2, 0) is 21.4 Å². The minimum absolute atomic E-state index is 0.0751. The van der Waals surface area contributed by atoms with Gasteiger partial charge in [-0.3, -0.25) is 0 Å². The molecular weight excluding hydrogens is 372 g/mol. The third-order valence-corrected chi connectivity index (χ3v) is 5.56. The molecule has 0 radical (unpaired) electrons. The van der Waals surface area contributed by atoms with Crippen molar-refractivity contribution in [3.05, 3.63) is 64.5 Å². The third kappa shape index (κ3) is 5.44. The van der Waals surface area contributed by atoms with Gasteiger partial charge >= 0.3 is 5.97 Å². The smallest absolute Gasteiger partial charge is 0.335 e. The van der Waals surface area contributed by atoms with E-state index < -0.39 is 5.97 Å². The molecule has 0 amide bonds. The first-order valence-corrected chi connectivity index (χ1v) is 10.7. The van der Waals surface area contributed by atoms with Gasteiger partial charge in [-0.2, -0.15) is 0 Å². The van der Waals surface area contributed by atoms with E-state index in [0.717, 1.165) is 34.3 Å². The van der Waals surface area contributed by atoms with E-state index in [0.29, 0.717) is 17.9 Å². The average Bonchev–Trinajstić information content (AvgIpc) is 2.57. The van der Waals surface area contributed by atoms with E-state index in [9.17, 15) is 9.90 Å². The number of hydrogen-bond acceptors (Lipinski definition) is 3. The maximum Gasteiger partial charge on any atom is 0.335 e. The number of aromatic hydroxyl groups is 1. The molecule has 1 aromatic rings. The van der Waals surface area contributed by atoms with E-state index in [1.54, 1.807) is 0 Å². The Morgan fingerprint density at radius 2 is 1.77 bits per heavy atom. The number of hydrogen-bond donors (Lipinski definition) is 1. The largest absolute Gasteiger partial charge is 0.507 e. The predicted molar refractivity (Wildman–Crippen MR) is 124 cm³/mol. The molecule has 0 bridgehead atoms. The van der Waals surface area contributed by atoms with Crippen LogP contribution in [0.5, 0.6) is 5.75 Å². The van der Waals surface area contributed by atoms with Crippen molar-refractivity contribution in [2.75, 3.05) is 0 Å². The van der Waals surface area contributed by atoms with Crippen LogP contribution in [0.1, 0.15) is 78.5 Å². The number of carbonyl (C=O) groups excluding carboxylic acids is 1. The SMILES string of the molecule is C=CC(=O)OC1=C(C(C)(C)C)CC(C)(C)C=C1Cc1cc(C)cc(C(C)(C)C)c1O. The Kier molecular flexibility index (Phi) is 6.47. The summed E-state index contributed by atoms with van der Waals surface area (Å²) in [6.07, 6.45) is 4.70. The highest BCUT2D eigenvalue weighted by molar-refractivity contribution is 5.82. The van der Waals surface area contributed by atoms with Crippen molar-refractivity contribution in [3.8, 4) is 5.75 Å². The van der Waals surface area contributed by atoms with Crippen molar-refractivity contribution in [1.82, 2.24) is 0 Å². The van der Waals surface area contributed by atoms with Crippen molar-refractivity contribution in [2.24, 2.45) is 10.8 Å². The predicted octanol–water partition coefficient (Wildman–Crippen LogP) is 6.93. The number of allylic oxidation sites excluding steroid dienone is 3. The lowest BCUT2D eigenvalue weighted by Gasteiger charge is -2.37. The van der Waals surface area contributed by atoms with Crippen molar-refractivity contribution >= 4 is 5.97 Å². The molecule has 0 aromatic heterocycles. The van der Waals surface area contributed by atoms with Crippen LogP contribution in [0.2, 0.25) is 0 Å². The number of rotatable bonds is 4. The van der Waals surface area contributed by atoms with Crippen LogP contribution in [0.3, 0.4) is 0 Å². The van der Waals surface area contributed by atoms with Crippen molar-refractivity contribution in [1.29, 1.82) is 0 Å². The number of benzene rings is 1. The van der Waals surface area contributed by atoms with Gasteiger partial charge < -0.3 is 9.84 Å². The van der Waals surface area contributed by atoms with Gasteiger partial charge in [0.1, 0.15) is 11.5 Å². The van der Waals surface area contributed by atoms with E-state index in [4.69, 9.17) is 4.74 Å². The summed E-state index contributed by atoms with van der Waals surface area (Å²) in [6, 6.07) is 4.07. The van der Waals surface area contributed by atoms with E-state index in [-0.39, 0.29) is 16.2 Å². The molecule has 2 rings (SSSR count). The van der Waals surface area contributed by atoms with Gasteiger partial charge in [0.25, 0.3) is 0 Å². The summed E-state index contributed by atoms with van der Waals surface area (Å²) in [5, 5.41) is 11.1. The van der Waals surface area contributed by atoms with Gasteiger partial charge in [0.05, 0.1) is 0 Å². The van der Waals surface area contributed by atoms with Gasteiger partial charge in [-0.05, 0) is 51.9 Å². The van der Waals surface area contributed by atoms with Crippen LogP contribution < -0.4 is 0 Å². The lowest BCUT2D eigenvalue weighted by Crippen LogP contribution is -2.26. The molecule has 1 aliphatic carbocycles. The van der Waals surface area contributed by atoms with Gasteiger partial charge in [0, 0.05) is 12.5 Å². The highest BCUT2D eigenvalue weighted by Gasteiger charge is 2.35. The molecular formula is C27H38O3. The Morgan fingerprint density at radius 1 is 1.17 bits per heavy atom. The van der Waals surface area contributed by atoms with Crippen LogP contribution in [0.15, 0.2) is 47.8 Å². The van der Waals surface area contributed by atoms with E-state index in [1.807, 2.05) is 19.1 Å². The topological polar surface area (TPSA) is 46.5 Å². The number of ether oxygens (including phenoxy) is 1. The van der Waals surface area contributed by atoms with Gasteiger partial charge in [-0.1, -0.05) is 85.7 Å². The Morgan fingerprint density at radius 3 is 2.27 bits per heavy atom. The zero-order valence-electron chi connectivity index (χ0n) is 20.2. The Balaban J connectivity index is 2.67. The molecule has 164 valence electrons. The van der Waals surface area contributed by atoms with Crippen LogP contribution >= 0.6 is 0 Å². The van der Waals surface area contributed by atoms with E-state index in [2.05, 4.69) is 68.0 Å². The number of phenols is 1. The maximum atomic E-state index is 12.2. The fourth-order valence-corrected chi connectivity index (χ4v) is 4.09. The highest BCUT2D eigenvalue weighted by Crippen LogP contribution is 2.46. The number of phenolic OH excluding ortho intramolecular Hbond substituents is 1. The monoisotopic (exact) mass is 410 g/mol. The summed E-state index contributed by atoms with van der Waals surface area (Å²) in [4.78, 5) is 12.2. The summed E-state index contributed by atoms with van der Waals surface area (Å²) in [5.74, 6) is 0.496. The second-order valence-electron chi connectivity index (χ2n) is 11.3. The summed E-state index contributed by atoms with van der Waals surface area (Å²) in [5.41, 5.74) is 4.54. The average molecular weight is 411 g/mol. The van der Waals surface area contributed by atoms with Crippen LogP contribution in [0.4, 0.5) is 0 Å². The van der Waals surface area contributed by atoms with Gasteiger partial charge in [0.15, 0.2) is 0 Å². The Labute approximate surface area is 182 Å². The van der Waals surface area contributed by atoms with Crippen molar-refractivity contribution in [2.45, 2.75) is 80.6 Å². The molecule has 0 spiro atoms. The Bertz CT molecular complexity index is 913. The summed E-state index contributed by atoms with van der Waals surface area (Å²) in [7, 11) is 0. The molecule has 1 aliphatic rings. The molecule has 0 atom stereocenters. The lowest BCUT2D eigenvalue weighted by atomic mass is 9.70. The molecule has 1 aromatic carbocycles. The van der Waals surface area contributed by atoms with Gasteiger partial charge in [0.2, 0.25) is 0 Å². The quantitative estimate of drug-likeness (QED) is 0.432. The highest BCUT2D eigenvalue weighted by atomic mass is 16.5. The molecule has 0 heterocycles. The number of aryl methyl sites for hydroxylation is 1. The number of esters is 1. The molecule has 0 fully saturated rings. The minimum atomic E-state index is -0.457. The fourth-order valence-electron chi connectivity index (χ4n) is 4.09. The zero-order chi connectivity index (χ0) is 23.1. The fraction of sp³-hybridized carbons (Fsp3) is 0.519. The maximum absolute atomic E-state index is 12.2. The molecule has 3 nitrogen and oxygen atoms in total. The molecule has 0 aliphatic heterocycles. The Hall–Kier alpha value is -2.29. The van der Waals surface area contributed by atoms with Crippen molar-refractivity contribution in [3.63, 3.8) is 0 Å². The molecule has 1 N–H and O–H groups in total. The third-order valence-electron chi connectivity index (χ3n) is 5.56. The zero-order valence-corrected chi connectivity index (χ0v) is 20.2. The van der Waals surface area contributed by atoms with Gasteiger partial charge in [-0.25, -0.2) is 4.79 Å². The van der Waals surface area contributed by atoms with Crippen LogP contribution in [0.25, 0.3) is 0 Å². The number of carbonyl (C=O) groups is 1.